The number of amides is 8. The SMILES string of the molecule is CCOC(=O)C12NC(=O)N3CC4=C(CC5CN6C(=O)NC7(C(=O)OCC)NC(=O)N(CC5C4)C67C(=O)OCC)CN(C(=O)N1)C32C(=O)OCC. The van der Waals surface area contributed by atoms with E-state index in [-0.39, 0.29) is 65.4 Å². The van der Waals surface area contributed by atoms with Gasteiger partial charge in [0.05, 0.1) is 26.4 Å². The summed E-state index contributed by atoms with van der Waals surface area (Å²) in [5, 5.41) is 10.0. The quantitative estimate of drug-likeness (QED) is 0.128. The summed E-state index contributed by atoms with van der Waals surface area (Å²) in [4.78, 5) is 115. The maximum Gasteiger partial charge on any atom is 0.358 e. The van der Waals surface area contributed by atoms with Crippen molar-refractivity contribution in [2.75, 3.05) is 52.6 Å². The lowest BCUT2D eigenvalue weighted by Gasteiger charge is -2.41. The van der Waals surface area contributed by atoms with Crippen LogP contribution in [0.2, 0.25) is 0 Å². The molecule has 5 saturated heterocycles. The molecular formula is C30H38N8O12. The summed E-state index contributed by atoms with van der Waals surface area (Å²) in [5.74, 6) is -5.00. The van der Waals surface area contributed by atoms with Crippen molar-refractivity contribution in [3.8, 4) is 0 Å². The Bertz CT molecular complexity index is 1550. The van der Waals surface area contributed by atoms with Crippen LogP contribution in [0.5, 0.6) is 0 Å². The van der Waals surface area contributed by atoms with E-state index in [0.29, 0.717) is 11.1 Å². The van der Waals surface area contributed by atoms with Gasteiger partial charge >= 0.3 is 48.0 Å². The van der Waals surface area contributed by atoms with Crippen LogP contribution in [0.15, 0.2) is 11.1 Å². The van der Waals surface area contributed by atoms with Crippen molar-refractivity contribution in [2.45, 2.75) is 63.2 Å². The molecule has 7 rings (SSSR count). The second-order valence-corrected chi connectivity index (χ2v) is 13.0. The first-order valence-corrected chi connectivity index (χ1v) is 16.6. The predicted octanol–water partition coefficient (Wildman–Crippen LogP) is -1.53. The van der Waals surface area contributed by atoms with Crippen LogP contribution in [0.25, 0.3) is 0 Å². The Balaban J connectivity index is 1.30. The molecule has 5 fully saturated rings. The Labute approximate surface area is 285 Å². The number of nitrogens with one attached hydrogen (secondary N) is 4. The van der Waals surface area contributed by atoms with Gasteiger partial charge in [0.25, 0.3) is 22.7 Å². The average molecular weight is 703 g/mol. The third kappa shape index (κ3) is 3.75. The maximum atomic E-state index is 14.0. The van der Waals surface area contributed by atoms with E-state index in [1.165, 1.54) is 0 Å². The fourth-order valence-corrected chi connectivity index (χ4v) is 8.88. The highest BCUT2D eigenvalue weighted by molar-refractivity contribution is 6.11. The van der Waals surface area contributed by atoms with Crippen LogP contribution < -0.4 is 21.3 Å². The third-order valence-electron chi connectivity index (χ3n) is 10.8. The minimum absolute atomic E-state index is 0.105. The van der Waals surface area contributed by atoms with Crippen LogP contribution in [0, 0.1) is 11.8 Å². The van der Waals surface area contributed by atoms with Gasteiger partial charge in [0.1, 0.15) is 0 Å². The normalized spacial score (nSPS) is 34.6. The molecule has 20 heteroatoms. The van der Waals surface area contributed by atoms with Gasteiger partial charge in [-0.15, -0.1) is 0 Å². The molecule has 7 aliphatic rings. The summed E-state index contributed by atoms with van der Waals surface area (Å²) in [6.07, 6.45) is 0.407. The largest absolute Gasteiger partial charge is 0.463 e. The van der Waals surface area contributed by atoms with Gasteiger partial charge in [-0.2, -0.15) is 0 Å². The zero-order valence-electron chi connectivity index (χ0n) is 27.9. The van der Waals surface area contributed by atoms with Gasteiger partial charge in [-0.1, -0.05) is 0 Å². The summed E-state index contributed by atoms with van der Waals surface area (Å²) in [5.41, 5.74) is -7.87. The van der Waals surface area contributed by atoms with E-state index in [9.17, 15) is 38.4 Å². The van der Waals surface area contributed by atoms with Gasteiger partial charge < -0.3 is 40.2 Å². The van der Waals surface area contributed by atoms with Gasteiger partial charge in [0.2, 0.25) is 0 Å². The molecule has 2 unspecified atom stereocenters. The van der Waals surface area contributed by atoms with Crippen LogP contribution in [0.1, 0.15) is 40.5 Å². The number of fused-ring (bicyclic) bond motifs is 1. The Kier molecular flexibility index (Phi) is 7.38. The van der Waals surface area contributed by atoms with Gasteiger partial charge in [-0.05, 0) is 63.5 Å². The Hall–Kier alpha value is -5.30. The van der Waals surface area contributed by atoms with Gasteiger partial charge in [0.15, 0.2) is 0 Å². The Morgan fingerprint density at radius 2 is 0.840 bits per heavy atom. The van der Waals surface area contributed by atoms with Crippen molar-refractivity contribution in [1.82, 2.24) is 40.9 Å². The number of nitrogens with zero attached hydrogens (tertiary/aromatic N) is 4. The fraction of sp³-hybridized carbons (Fsp3) is 0.667. The second-order valence-electron chi connectivity index (χ2n) is 13.0. The van der Waals surface area contributed by atoms with E-state index in [0.717, 1.165) is 19.6 Å². The van der Waals surface area contributed by atoms with Crippen LogP contribution in [-0.4, -0.2) is 143 Å². The first-order chi connectivity index (χ1) is 23.8. The van der Waals surface area contributed by atoms with Crippen molar-refractivity contribution in [3.05, 3.63) is 11.1 Å². The number of hydrogen-bond acceptors (Lipinski definition) is 12. The topological polar surface area (TPSA) is 235 Å². The average Bonchev–Trinajstić information content (AvgIpc) is 3.54. The van der Waals surface area contributed by atoms with E-state index in [1.807, 2.05) is 0 Å². The van der Waals surface area contributed by atoms with Crippen molar-refractivity contribution < 1.29 is 57.3 Å². The summed E-state index contributed by atoms with van der Waals surface area (Å²) in [6, 6.07) is -3.28. The molecule has 20 nitrogen and oxygen atoms in total. The summed E-state index contributed by atoms with van der Waals surface area (Å²) in [6.45, 7) is 5.10. The second kappa shape index (κ2) is 11.1. The Morgan fingerprint density at radius 1 is 0.540 bits per heavy atom. The lowest BCUT2D eigenvalue weighted by Crippen LogP contribution is -2.75. The minimum atomic E-state index is -2.32. The zero-order chi connectivity index (χ0) is 36.0. The summed E-state index contributed by atoms with van der Waals surface area (Å²) in [7, 11) is 0. The molecule has 0 aromatic heterocycles. The summed E-state index contributed by atoms with van der Waals surface area (Å²) >= 11 is 0. The van der Waals surface area contributed by atoms with Crippen LogP contribution >= 0.6 is 0 Å². The van der Waals surface area contributed by atoms with Crippen molar-refractivity contribution in [1.29, 1.82) is 0 Å². The number of carbonyl (C=O) groups is 8. The number of rotatable bonds is 8. The van der Waals surface area contributed by atoms with Crippen LogP contribution in [0.3, 0.4) is 0 Å². The molecule has 2 atom stereocenters. The minimum Gasteiger partial charge on any atom is -0.463 e. The molecule has 0 spiro atoms. The smallest absolute Gasteiger partial charge is 0.358 e. The molecule has 6 aliphatic heterocycles. The highest BCUT2D eigenvalue weighted by Gasteiger charge is 2.84. The lowest BCUT2D eigenvalue weighted by atomic mass is 9.75. The number of carbonyl (C=O) groups excluding carboxylic acids is 8. The Morgan fingerprint density at radius 3 is 1.18 bits per heavy atom. The van der Waals surface area contributed by atoms with Crippen molar-refractivity contribution in [2.24, 2.45) is 11.8 Å². The van der Waals surface area contributed by atoms with Crippen molar-refractivity contribution in [3.63, 3.8) is 0 Å². The predicted molar refractivity (Wildman–Crippen MR) is 162 cm³/mol. The van der Waals surface area contributed by atoms with E-state index >= 15 is 0 Å². The monoisotopic (exact) mass is 702 g/mol. The molecule has 0 aromatic rings. The van der Waals surface area contributed by atoms with Crippen molar-refractivity contribution >= 4 is 48.0 Å². The highest BCUT2D eigenvalue weighted by atomic mass is 16.6. The third-order valence-corrected chi connectivity index (χ3v) is 10.8. The molecule has 0 radical (unpaired) electrons. The van der Waals surface area contributed by atoms with Gasteiger partial charge in [-0.25, -0.2) is 38.4 Å². The summed E-state index contributed by atoms with van der Waals surface area (Å²) < 4.78 is 21.4. The number of hydrogen-bond donors (Lipinski definition) is 4. The van der Waals surface area contributed by atoms with Gasteiger partial charge in [-0.3, -0.25) is 19.6 Å². The number of ether oxygens (including phenoxy) is 4. The first kappa shape index (κ1) is 33.2. The molecule has 1 aliphatic carbocycles. The molecular weight excluding hydrogens is 664 g/mol. The van der Waals surface area contributed by atoms with E-state index in [2.05, 4.69) is 21.3 Å². The standard InChI is InChI=1S/C30H38N8O12/c1-5-47-19(39)27-29(21(41)49-7-3)35(23(43)31-27)11-15-9-17-13-37-25(45)33-28(20(40)48-6-2)30(37,22(42)50-8-4)38(26(46)34-28)14-18(17)10-16(15)12-36(29)24(44)32-27/h15-16H,5-14H2,1-4H3,(H,31,43)(H,32,44)(H,33,45)(H,34,46). The fourth-order valence-electron chi connectivity index (χ4n) is 8.88. The lowest BCUT2D eigenvalue weighted by molar-refractivity contribution is -0.177. The van der Waals surface area contributed by atoms with E-state index in [4.69, 9.17) is 18.9 Å². The van der Waals surface area contributed by atoms with E-state index in [1.54, 1.807) is 27.7 Å². The molecule has 270 valence electrons. The first-order valence-electron chi connectivity index (χ1n) is 16.6. The number of urea groups is 4. The maximum absolute atomic E-state index is 14.0. The molecule has 6 heterocycles. The molecule has 0 aromatic carbocycles. The van der Waals surface area contributed by atoms with Crippen LogP contribution in [-0.2, 0) is 38.1 Å². The molecule has 4 N–H and O–H groups in total. The molecule has 0 bridgehead atoms. The number of esters is 4. The van der Waals surface area contributed by atoms with Crippen LogP contribution in [0.4, 0.5) is 19.2 Å². The van der Waals surface area contributed by atoms with E-state index < -0.39 is 82.5 Å². The zero-order valence-corrected chi connectivity index (χ0v) is 27.9. The molecule has 8 amide bonds. The molecule has 50 heavy (non-hydrogen) atoms. The van der Waals surface area contributed by atoms with Gasteiger partial charge in [0, 0.05) is 26.2 Å². The highest BCUT2D eigenvalue weighted by Crippen LogP contribution is 2.52. The molecule has 0 saturated carbocycles.